The van der Waals surface area contributed by atoms with Crippen molar-refractivity contribution in [1.29, 1.82) is 0 Å². The molecule has 0 N–H and O–H groups in total. The third-order valence-electron chi connectivity index (χ3n) is 4.00. The van der Waals surface area contributed by atoms with Crippen LogP contribution in [-0.2, 0) is 4.79 Å². The minimum absolute atomic E-state index is 0.244. The number of nitrogens with zero attached hydrogens (tertiary/aromatic N) is 2. The first kappa shape index (κ1) is 20.9. The Kier molecular flexibility index (Phi) is 5.97. The van der Waals surface area contributed by atoms with Crippen LogP contribution >= 0.6 is 15.9 Å². The number of carbonyl (C=O) groups excluding carboxylic acids is 1. The highest BCUT2D eigenvalue weighted by Crippen LogP contribution is 2.38. The number of para-hydroxylation sites is 1. The zero-order valence-electron chi connectivity index (χ0n) is 15.5. The third kappa shape index (κ3) is 4.29. The molecule has 2 aromatic carbocycles. The fourth-order valence-electron chi connectivity index (χ4n) is 2.77. The lowest BCUT2D eigenvalue weighted by Crippen LogP contribution is -2.25. The molecular formula is C20H16BrF3N2O3. The van der Waals surface area contributed by atoms with E-state index < -0.39 is 23.4 Å². The van der Waals surface area contributed by atoms with Gasteiger partial charge in [0.05, 0.1) is 29.4 Å². The molecule has 0 radical (unpaired) electrons. The zero-order chi connectivity index (χ0) is 21.2. The van der Waals surface area contributed by atoms with Crippen LogP contribution in [0.15, 0.2) is 57.6 Å². The van der Waals surface area contributed by atoms with E-state index in [9.17, 15) is 18.0 Å². The number of hydrogen-bond acceptors (Lipinski definition) is 4. The molecule has 0 aromatic heterocycles. The van der Waals surface area contributed by atoms with Crippen molar-refractivity contribution in [2.24, 2.45) is 5.10 Å². The lowest BCUT2D eigenvalue weighted by molar-refractivity contribution is -0.114. The first-order valence-electron chi connectivity index (χ1n) is 8.54. The number of hydrazone groups is 1. The molecule has 1 aliphatic heterocycles. The maximum Gasteiger partial charge on any atom is 0.435 e. The molecule has 0 unspecified atom stereocenters. The monoisotopic (exact) mass is 468 g/mol. The standard InChI is InChI=1S/C20H16BrF3N2O3/c1-3-29-17-15(21)10-12(11-16(17)28-2)9-14-18(20(22,23)24)25-26(19(14)27)13-7-5-4-6-8-13/h4-11H,3H2,1-2H3/b14-9-. The second-order valence-corrected chi connectivity index (χ2v) is 6.78. The highest BCUT2D eigenvalue weighted by Gasteiger charge is 2.46. The normalized spacial score (nSPS) is 15.7. The topological polar surface area (TPSA) is 51.1 Å². The Morgan fingerprint density at radius 2 is 1.90 bits per heavy atom. The van der Waals surface area contributed by atoms with Crippen LogP contribution in [-0.4, -0.2) is 31.5 Å². The summed E-state index contributed by atoms with van der Waals surface area (Å²) in [6.07, 6.45) is -3.65. The molecule has 0 saturated heterocycles. The molecule has 0 fully saturated rings. The van der Waals surface area contributed by atoms with E-state index in [1.165, 1.54) is 25.3 Å². The number of amides is 1. The van der Waals surface area contributed by atoms with E-state index in [0.717, 1.165) is 11.1 Å². The Hall–Kier alpha value is -2.81. The minimum atomic E-state index is -4.79. The first-order valence-corrected chi connectivity index (χ1v) is 9.33. The van der Waals surface area contributed by atoms with E-state index >= 15 is 0 Å². The van der Waals surface area contributed by atoms with Crippen molar-refractivity contribution in [3.8, 4) is 11.5 Å². The Bertz CT molecular complexity index is 988. The number of halogens is 4. The number of ether oxygens (including phenoxy) is 2. The second kappa shape index (κ2) is 8.28. The molecule has 5 nitrogen and oxygen atoms in total. The molecule has 2 aromatic rings. The maximum absolute atomic E-state index is 13.6. The van der Waals surface area contributed by atoms with E-state index in [0.29, 0.717) is 28.1 Å². The predicted molar refractivity (Wildman–Crippen MR) is 107 cm³/mol. The van der Waals surface area contributed by atoms with Crippen LogP contribution in [0.4, 0.5) is 18.9 Å². The number of carbonyl (C=O) groups is 1. The Morgan fingerprint density at radius 3 is 2.48 bits per heavy atom. The summed E-state index contributed by atoms with van der Waals surface area (Å²) in [5.41, 5.74) is -1.24. The van der Waals surface area contributed by atoms with Gasteiger partial charge in [0.15, 0.2) is 17.2 Å². The van der Waals surface area contributed by atoms with E-state index in [1.807, 2.05) is 0 Å². The molecule has 0 bridgehead atoms. The molecule has 29 heavy (non-hydrogen) atoms. The molecule has 0 saturated carbocycles. The van der Waals surface area contributed by atoms with E-state index in [1.54, 1.807) is 31.2 Å². The van der Waals surface area contributed by atoms with Gasteiger partial charge in [-0.25, -0.2) is 0 Å². The van der Waals surface area contributed by atoms with Crippen molar-refractivity contribution in [2.45, 2.75) is 13.1 Å². The van der Waals surface area contributed by atoms with Gasteiger partial charge in [0.2, 0.25) is 0 Å². The molecule has 1 heterocycles. The summed E-state index contributed by atoms with van der Waals surface area (Å²) >= 11 is 3.33. The van der Waals surface area contributed by atoms with Crippen LogP contribution in [0, 0.1) is 0 Å². The van der Waals surface area contributed by atoms with Gasteiger partial charge in [-0.1, -0.05) is 18.2 Å². The average Bonchev–Trinajstić information content (AvgIpc) is 3.01. The van der Waals surface area contributed by atoms with Crippen LogP contribution in [0.1, 0.15) is 12.5 Å². The fourth-order valence-corrected chi connectivity index (χ4v) is 3.35. The van der Waals surface area contributed by atoms with Crippen molar-refractivity contribution >= 4 is 39.3 Å². The molecule has 9 heteroatoms. The smallest absolute Gasteiger partial charge is 0.435 e. The van der Waals surface area contributed by atoms with E-state index in [2.05, 4.69) is 21.0 Å². The van der Waals surface area contributed by atoms with Gasteiger partial charge < -0.3 is 9.47 Å². The van der Waals surface area contributed by atoms with Gasteiger partial charge >= 0.3 is 6.18 Å². The van der Waals surface area contributed by atoms with Crippen molar-refractivity contribution in [3.05, 3.63) is 58.1 Å². The van der Waals surface area contributed by atoms with Gasteiger partial charge in [0.25, 0.3) is 5.91 Å². The Morgan fingerprint density at radius 1 is 1.21 bits per heavy atom. The summed E-state index contributed by atoms with van der Waals surface area (Å²) in [5, 5.41) is 4.29. The highest BCUT2D eigenvalue weighted by atomic mass is 79.9. The zero-order valence-corrected chi connectivity index (χ0v) is 17.0. The average molecular weight is 469 g/mol. The molecule has 1 amide bonds. The molecule has 0 atom stereocenters. The summed E-state index contributed by atoms with van der Waals surface area (Å²) < 4.78 is 51.9. The number of hydrogen-bond donors (Lipinski definition) is 0. The second-order valence-electron chi connectivity index (χ2n) is 5.92. The summed E-state index contributed by atoms with van der Waals surface area (Å²) in [6, 6.07) is 11.0. The molecule has 3 rings (SSSR count). The molecule has 152 valence electrons. The summed E-state index contributed by atoms with van der Waals surface area (Å²) in [6.45, 7) is 2.17. The molecule has 0 spiro atoms. The number of benzene rings is 2. The van der Waals surface area contributed by atoms with Crippen molar-refractivity contribution in [1.82, 2.24) is 0 Å². The summed E-state index contributed by atoms with van der Waals surface area (Å²) in [7, 11) is 1.42. The van der Waals surface area contributed by atoms with Gasteiger partial charge in [-0.2, -0.15) is 23.3 Å². The largest absolute Gasteiger partial charge is 0.493 e. The summed E-state index contributed by atoms with van der Waals surface area (Å²) in [4.78, 5) is 12.8. The van der Waals surface area contributed by atoms with Gasteiger partial charge in [-0.3, -0.25) is 4.79 Å². The Balaban J connectivity index is 2.09. The lowest BCUT2D eigenvalue weighted by Gasteiger charge is -2.13. The van der Waals surface area contributed by atoms with Crippen molar-refractivity contribution in [3.63, 3.8) is 0 Å². The number of rotatable bonds is 5. The van der Waals surface area contributed by atoms with Crippen LogP contribution in [0.2, 0.25) is 0 Å². The number of methoxy groups -OCH3 is 1. The lowest BCUT2D eigenvalue weighted by atomic mass is 10.1. The third-order valence-corrected chi connectivity index (χ3v) is 4.59. The molecule has 0 aliphatic carbocycles. The Labute approximate surface area is 173 Å². The van der Waals surface area contributed by atoms with Crippen LogP contribution in [0.25, 0.3) is 6.08 Å². The van der Waals surface area contributed by atoms with Gasteiger partial charge in [0, 0.05) is 0 Å². The number of alkyl halides is 3. The molecule has 1 aliphatic rings. The summed E-state index contributed by atoms with van der Waals surface area (Å²) in [5.74, 6) is -0.123. The quantitative estimate of drug-likeness (QED) is 0.566. The molecular weight excluding hydrogens is 453 g/mol. The van der Waals surface area contributed by atoms with Crippen molar-refractivity contribution in [2.75, 3.05) is 18.7 Å². The van der Waals surface area contributed by atoms with E-state index in [-0.39, 0.29) is 5.69 Å². The van der Waals surface area contributed by atoms with Crippen molar-refractivity contribution < 1.29 is 27.4 Å². The van der Waals surface area contributed by atoms with Gasteiger partial charge in [-0.05, 0) is 58.8 Å². The first-order chi connectivity index (χ1) is 13.8. The van der Waals surface area contributed by atoms with Gasteiger partial charge in [-0.15, -0.1) is 0 Å². The van der Waals surface area contributed by atoms with E-state index in [4.69, 9.17) is 9.47 Å². The SMILES string of the molecule is CCOc1c(Br)cc(/C=C2\C(=O)N(c3ccccc3)N=C2C(F)(F)F)cc1OC. The number of anilines is 1. The van der Waals surface area contributed by atoms with Gasteiger partial charge in [0.1, 0.15) is 0 Å². The fraction of sp³-hybridized carbons (Fsp3) is 0.200. The predicted octanol–water partition coefficient (Wildman–Crippen LogP) is 5.20. The van der Waals surface area contributed by atoms with Crippen LogP contribution in [0.5, 0.6) is 11.5 Å². The van der Waals surface area contributed by atoms with Crippen LogP contribution in [0.3, 0.4) is 0 Å². The highest BCUT2D eigenvalue weighted by molar-refractivity contribution is 9.10. The van der Waals surface area contributed by atoms with Crippen LogP contribution < -0.4 is 14.5 Å². The maximum atomic E-state index is 13.6. The minimum Gasteiger partial charge on any atom is -0.493 e.